The Balaban J connectivity index is 1.94. The summed E-state index contributed by atoms with van der Waals surface area (Å²) in [7, 11) is 0. The number of nitrogens with one attached hydrogen (secondary N) is 1. The summed E-state index contributed by atoms with van der Waals surface area (Å²) in [4.78, 5) is 24.4. The van der Waals surface area contributed by atoms with Crippen molar-refractivity contribution in [3.8, 4) is 11.3 Å². The smallest absolute Gasteiger partial charge is 0.274 e. The number of carbonyl (C=O) groups excluding carboxylic acids is 1. The Morgan fingerprint density at radius 3 is 2.48 bits per heavy atom. The SMILES string of the molecule is Cc1nc(C(=O)Nc2ccnc(Cl)c2)cc(-c2cc(F)cc(F)c2)n1. The van der Waals surface area contributed by atoms with E-state index in [0.29, 0.717) is 11.5 Å². The maximum Gasteiger partial charge on any atom is 0.274 e. The molecular weight excluding hydrogens is 350 g/mol. The molecule has 1 amide bonds. The van der Waals surface area contributed by atoms with Gasteiger partial charge in [0.1, 0.15) is 28.3 Å². The van der Waals surface area contributed by atoms with Gasteiger partial charge in [0.05, 0.1) is 5.69 Å². The Morgan fingerprint density at radius 1 is 1.08 bits per heavy atom. The van der Waals surface area contributed by atoms with Crippen LogP contribution in [-0.2, 0) is 0 Å². The molecule has 0 saturated heterocycles. The molecule has 1 aromatic carbocycles. The molecule has 2 aromatic heterocycles. The fourth-order valence-corrected chi connectivity index (χ4v) is 2.38. The lowest BCUT2D eigenvalue weighted by molar-refractivity contribution is 0.102. The molecule has 0 radical (unpaired) electrons. The van der Waals surface area contributed by atoms with Gasteiger partial charge in [-0.05, 0) is 37.3 Å². The first-order valence-electron chi connectivity index (χ1n) is 7.16. The van der Waals surface area contributed by atoms with E-state index >= 15 is 0 Å². The summed E-state index contributed by atoms with van der Waals surface area (Å²) in [6.45, 7) is 1.58. The topological polar surface area (TPSA) is 67.8 Å². The van der Waals surface area contributed by atoms with E-state index in [4.69, 9.17) is 11.6 Å². The zero-order valence-electron chi connectivity index (χ0n) is 12.9. The van der Waals surface area contributed by atoms with Crippen molar-refractivity contribution in [1.82, 2.24) is 15.0 Å². The molecule has 0 atom stereocenters. The van der Waals surface area contributed by atoms with Crippen molar-refractivity contribution in [3.63, 3.8) is 0 Å². The Labute approximate surface area is 146 Å². The van der Waals surface area contributed by atoms with Crippen LogP contribution in [0, 0.1) is 18.6 Å². The third-order valence-corrected chi connectivity index (χ3v) is 3.42. The highest BCUT2D eigenvalue weighted by atomic mass is 35.5. The lowest BCUT2D eigenvalue weighted by Crippen LogP contribution is -2.15. The van der Waals surface area contributed by atoms with Gasteiger partial charge < -0.3 is 5.32 Å². The van der Waals surface area contributed by atoms with Gasteiger partial charge in [-0.3, -0.25) is 4.79 Å². The minimum Gasteiger partial charge on any atom is -0.320 e. The number of hydrogen-bond donors (Lipinski definition) is 1. The van der Waals surface area contributed by atoms with Gasteiger partial charge in [0.2, 0.25) is 0 Å². The highest BCUT2D eigenvalue weighted by molar-refractivity contribution is 6.29. The molecule has 0 saturated carbocycles. The molecule has 2 heterocycles. The lowest BCUT2D eigenvalue weighted by Gasteiger charge is -2.08. The van der Waals surface area contributed by atoms with Gasteiger partial charge in [0.15, 0.2) is 0 Å². The molecule has 0 spiro atoms. The van der Waals surface area contributed by atoms with Crippen LogP contribution in [0.3, 0.4) is 0 Å². The first kappa shape index (κ1) is 16.9. The Kier molecular flexibility index (Phi) is 4.67. The fourth-order valence-electron chi connectivity index (χ4n) is 2.21. The molecule has 3 aromatic rings. The maximum atomic E-state index is 13.4. The number of aromatic nitrogens is 3. The van der Waals surface area contributed by atoms with Crippen LogP contribution >= 0.6 is 11.6 Å². The molecular formula is C17H11ClF2N4O. The second kappa shape index (κ2) is 6.90. The number of rotatable bonds is 3. The van der Waals surface area contributed by atoms with Gasteiger partial charge in [-0.25, -0.2) is 23.7 Å². The van der Waals surface area contributed by atoms with Crippen molar-refractivity contribution in [2.45, 2.75) is 6.92 Å². The second-order valence-corrected chi connectivity index (χ2v) is 5.55. The molecule has 5 nitrogen and oxygen atoms in total. The number of benzene rings is 1. The fraction of sp³-hybridized carbons (Fsp3) is 0.0588. The van der Waals surface area contributed by atoms with Crippen LogP contribution in [-0.4, -0.2) is 20.9 Å². The van der Waals surface area contributed by atoms with E-state index in [1.54, 1.807) is 13.0 Å². The van der Waals surface area contributed by atoms with E-state index in [9.17, 15) is 13.6 Å². The predicted octanol–water partition coefficient (Wildman–Crippen LogP) is 4.03. The molecule has 0 aliphatic carbocycles. The van der Waals surface area contributed by atoms with Crippen molar-refractivity contribution < 1.29 is 13.6 Å². The quantitative estimate of drug-likeness (QED) is 0.716. The Morgan fingerprint density at radius 2 is 1.80 bits per heavy atom. The van der Waals surface area contributed by atoms with Gasteiger partial charge in [-0.2, -0.15) is 0 Å². The van der Waals surface area contributed by atoms with E-state index in [0.717, 1.165) is 18.2 Å². The van der Waals surface area contributed by atoms with E-state index in [1.807, 2.05) is 0 Å². The van der Waals surface area contributed by atoms with Crippen molar-refractivity contribution in [2.24, 2.45) is 0 Å². The summed E-state index contributed by atoms with van der Waals surface area (Å²) in [5, 5.41) is 2.86. The number of hydrogen-bond acceptors (Lipinski definition) is 4. The minimum atomic E-state index is -0.733. The van der Waals surface area contributed by atoms with E-state index in [-0.39, 0.29) is 22.1 Å². The van der Waals surface area contributed by atoms with Gasteiger partial charge in [0.25, 0.3) is 5.91 Å². The number of anilines is 1. The average Bonchev–Trinajstić information content (AvgIpc) is 2.53. The summed E-state index contributed by atoms with van der Waals surface area (Å²) in [6.07, 6.45) is 1.45. The van der Waals surface area contributed by atoms with Gasteiger partial charge in [0, 0.05) is 23.5 Å². The van der Waals surface area contributed by atoms with Crippen LogP contribution < -0.4 is 5.32 Å². The van der Waals surface area contributed by atoms with Crippen molar-refractivity contribution in [2.75, 3.05) is 5.32 Å². The molecule has 1 N–H and O–H groups in total. The highest BCUT2D eigenvalue weighted by Gasteiger charge is 2.13. The van der Waals surface area contributed by atoms with Crippen LogP contribution in [0.2, 0.25) is 5.15 Å². The first-order valence-corrected chi connectivity index (χ1v) is 7.53. The monoisotopic (exact) mass is 360 g/mol. The number of nitrogens with zero attached hydrogens (tertiary/aromatic N) is 3. The zero-order valence-corrected chi connectivity index (χ0v) is 13.7. The zero-order chi connectivity index (χ0) is 18.0. The molecule has 0 aliphatic rings. The van der Waals surface area contributed by atoms with E-state index in [2.05, 4.69) is 20.3 Å². The lowest BCUT2D eigenvalue weighted by atomic mass is 10.1. The van der Waals surface area contributed by atoms with Crippen LogP contribution in [0.25, 0.3) is 11.3 Å². The van der Waals surface area contributed by atoms with Crippen LogP contribution in [0.1, 0.15) is 16.3 Å². The van der Waals surface area contributed by atoms with Gasteiger partial charge in [-0.15, -0.1) is 0 Å². The number of aryl methyl sites for hydroxylation is 1. The highest BCUT2D eigenvalue weighted by Crippen LogP contribution is 2.21. The first-order chi connectivity index (χ1) is 11.9. The average molecular weight is 361 g/mol. The van der Waals surface area contributed by atoms with Crippen LogP contribution in [0.4, 0.5) is 14.5 Å². The van der Waals surface area contributed by atoms with Crippen molar-refractivity contribution in [3.05, 3.63) is 70.9 Å². The molecule has 25 heavy (non-hydrogen) atoms. The number of pyridine rings is 1. The molecule has 0 bridgehead atoms. The third kappa shape index (κ3) is 4.13. The summed E-state index contributed by atoms with van der Waals surface area (Å²) in [6, 6.07) is 7.44. The third-order valence-electron chi connectivity index (χ3n) is 3.21. The second-order valence-electron chi connectivity index (χ2n) is 5.17. The molecule has 3 rings (SSSR count). The minimum absolute atomic E-state index is 0.0557. The molecule has 0 fully saturated rings. The summed E-state index contributed by atoms with van der Waals surface area (Å²) in [5.41, 5.74) is 0.951. The van der Waals surface area contributed by atoms with E-state index < -0.39 is 17.5 Å². The molecule has 126 valence electrons. The van der Waals surface area contributed by atoms with Crippen molar-refractivity contribution >= 4 is 23.2 Å². The number of carbonyl (C=O) groups is 1. The number of halogens is 3. The van der Waals surface area contributed by atoms with Gasteiger partial charge in [-0.1, -0.05) is 11.6 Å². The summed E-state index contributed by atoms with van der Waals surface area (Å²) < 4.78 is 26.8. The molecule has 0 aliphatic heterocycles. The Hall–Kier alpha value is -2.93. The summed E-state index contributed by atoms with van der Waals surface area (Å²) in [5.74, 6) is -1.68. The van der Waals surface area contributed by atoms with E-state index in [1.165, 1.54) is 18.3 Å². The summed E-state index contributed by atoms with van der Waals surface area (Å²) >= 11 is 5.78. The maximum absolute atomic E-state index is 13.4. The molecule has 0 unspecified atom stereocenters. The molecule has 8 heteroatoms. The normalized spacial score (nSPS) is 10.6. The standard InChI is InChI=1S/C17H11ClF2N4O/c1-9-22-14(10-4-11(19)6-12(20)5-10)8-15(23-9)17(25)24-13-2-3-21-16(18)7-13/h2-8H,1H3,(H,21,24,25). The number of amides is 1. The largest absolute Gasteiger partial charge is 0.320 e. The Bertz CT molecular complexity index is 945. The van der Waals surface area contributed by atoms with Crippen LogP contribution in [0.5, 0.6) is 0 Å². The van der Waals surface area contributed by atoms with Crippen molar-refractivity contribution in [1.29, 1.82) is 0 Å². The van der Waals surface area contributed by atoms with Gasteiger partial charge >= 0.3 is 0 Å². The predicted molar refractivity (Wildman–Crippen MR) is 89.3 cm³/mol. The van der Waals surface area contributed by atoms with Crippen LogP contribution in [0.15, 0.2) is 42.6 Å².